The summed E-state index contributed by atoms with van der Waals surface area (Å²) in [6, 6.07) is 6.58. The highest BCUT2D eigenvalue weighted by molar-refractivity contribution is 5.98. The van der Waals surface area contributed by atoms with Gasteiger partial charge < -0.3 is 16.0 Å². The van der Waals surface area contributed by atoms with Crippen LogP contribution in [0.3, 0.4) is 0 Å². The van der Waals surface area contributed by atoms with Crippen LogP contribution in [0.1, 0.15) is 22.8 Å². The lowest BCUT2D eigenvalue weighted by atomic mass is 10.1. The third-order valence-corrected chi connectivity index (χ3v) is 3.23. The fourth-order valence-corrected chi connectivity index (χ4v) is 2.07. The Balaban J connectivity index is 2.14. The van der Waals surface area contributed by atoms with Crippen LogP contribution >= 0.6 is 0 Å². The molecule has 5 nitrogen and oxygen atoms in total. The van der Waals surface area contributed by atoms with Crippen molar-refractivity contribution in [3.63, 3.8) is 0 Å². The van der Waals surface area contributed by atoms with Crippen LogP contribution in [0.15, 0.2) is 24.3 Å². The molecule has 0 aliphatic carbocycles. The number of piperazine rings is 1. The minimum atomic E-state index is -0.437. The van der Waals surface area contributed by atoms with E-state index in [9.17, 15) is 9.59 Å². The maximum Gasteiger partial charge on any atom is 0.254 e. The second-order valence-electron chi connectivity index (χ2n) is 4.55. The van der Waals surface area contributed by atoms with Gasteiger partial charge in [-0.3, -0.25) is 9.59 Å². The molecule has 3 N–H and O–H groups in total. The van der Waals surface area contributed by atoms with Crippen molar-refractivity contribution >= 4 is 11.8 Å². The normalized spacial score (nSPS) is 18.0. The molecular weight excluding hydrogens is 254 g/mol. The van der Waals surface area contributed by atoms with Crippen molar-refractivity contribution in [2.24, 2.45) is 5.73 Å². The van der Waals surface area contributed by atoms with Crippen molar-refractivity contribution < 1.29 is 9.59 Å². The van der Waals surface area contributed by atoms with Gasteiger partial charge in [-0.1, -0.05) is 11.8 Å². The number of carbonyl (C=O) groups excluding carboxylic acids is 2. The zero-order chi connectivity index (χ0) is 14.5. The highest BCUT2D eigenvalue weighted by Gasteiger charge is 2.29. The van der Waals surface area contributed by atoms with Crippen molar-refractivity contribution in [2.45, 2.75) is 13.0 Å². The predicted octanol–water partition coefficient (Wildman–Crippen LogP) is -0.0427. The van der Waals surface area contributed by atoms with Crippen molar-refractivity contribution in [3.8, 4) is 11.8 Å². The van der Waals surface area contributed by atoms with Crippen molar-refractivity contribution in [1.29, 1.82) is 0 Å². The summed E-state index contributed by atoms with van der Waals surface area (Å²) in [6.07, 6.45) is 0. The summed E-state index contributed by atoms with van der Waals surface area (Å²) in [4.78, 5) is 25.5. The van der Waals surface area contributed by atoms with Crippen LogP contribution in [0, 0.1) is 11.8 Å². The maximum atomic E-state index is 12.4. The van der Waals surface area contributed by atoms with E-state index < -0.39 is 6.04 Å². The molecule has 2 amide bonds. The average Bonchev–Trinajstić information content (AvgIpc) is 2.48. The van der Waals surface area contributed by atoms with Crippen LogP contribution in [0.2, 0.25) is 0 Å². The number of nitrogens with one attached hydrogen (secondary N) is 1. The fraction of sp³-hybridized carbons (Fsp3) is 0.333. The van der Waals surface area contributed by atoms with Gasteiger partial charge in [0.15, 0.2) is 0 Å². The van der Waals surface area contributed by atoms with Gasteiger partial charge in [0.2, 0.25) is 5.91 Å². The Morgan fingerprint density at radius 1 is 1.45 bits per heavy atom. The lowest BCUT2D eigenvalue weighted by Crippen LogP contribution is -2.55. The Hall–Kier alpha value is -2.32. The standard InChI is InChI=1S/C15H17N3O2/c1-11-14(19)17-9-10-18(11)15(20)13-6-4-12(5-7-13)3-2-8-16/h4-7,11H,8-10,16H2,1H3,(H,17,19). The van der Waals surface area contributed by atoms with Gasteiger partial charge in [-0.15, -0.1) is 0 Å². The first-order valence-electron chi connectivity index (χ1n) is 6.51. The number of hydrogen-bond donors (Lipinski definition) is 2. The lowest BCUT2D eigenvalue weighted by Gasteiger charge is -2.32. The van der Waals surface area contributed by atoms with Gasteiger partial charge >= 0.3 is 0 Å². The molecule has 0 aromatic heterocycles. The Morgan fingerprint density at radius 2 is 2.15 bits per heavy atom. The SMILES string of the molecule is CC1C(=O)NCCN1C(=O)c1ccc(C#CCN)cc1. The van der Waals surface area contributed by atoms with E-state index in [1.807, 2.05) is 0 Å². The molecule has 0 radical (unpaired) electrons. The Morgan fingerprint density at radius 3 is 2.80 bits per heavy atom. The number of nitrogens with zero attached hydrogens (tertiary/aromatic N) is 1. The summed E-state index contributed by atoms with van der Waals surface area (Å²) in [5.74, 6) is 5.41. The van der Waals surface area contributed by atoms with Crippen LogP contribution in [0.4, 0.5) is 0 Å². The molecule has 1 unspecified atom stereocenters. The minimum Gasteiger partial charge on any atom is -0.353 e. The van der Waals surface area contributed by atoms with Gasteiger partial charge in [-0.05, 0) is 31.2 Å². The van der Waals surface area contributed by atoms with Crippen LogP contribution in [-0.4, -0.2) is 42.4 Å². The summed E-state index contributed by atoms with van der Waals surface area (Å²) in [6.45, 7) is 3.06. The molecule has 1 aliphatic heterocycles. The van der Waals surface area contributed by atoms with Crippen LogP contribution < -0.4 is 11.1 Å². The predicted molar refractivity (Wildman–Crippen MR) is 75.9 cm³/mol. The van der Waals surface area contributed by atoms with Crippen molar-refractivity contribution in [1.82, 2.24) is 10.2 Å². The molecule has 0 spiro atoms. The van der Waals surface area contributed by atoms with Crippen LogP contribution in [-0.2, 0) is 4.79 Å². The van der Waals surface area contributed by atoms with Crippen molar-refractivity contribution in [3.05, 3.63) is 35.4 Å². The zero-order valence-electron chi connectivity index (χ0n) is 11.3. The fourth-order valence-electron chi connectivity index (χ4n) is 2.07. The summed E-state index contributed by atoms with van der Waals surface area (Å²) in [5, 5.41) is 2.74. The van der Waals surface area contributed by atoms with Gasteiger partial charge in [0.25, 0.3) is 5.91 Å². The van der Waals surface area contributed by atoms with E-state index in [0.717, 1.165) is 5.56 Å². The van der Waals surface area contributed by atoms with E-state index in [0.29, 0.717) is 25.2 Å². The second kappa shape index (κ2) is 6.22. The van der Waals surface area contributed by atoms with Crippen LogP contribution in [0.5, 0.6) is 0 Å². The largest absolute Gasteiger partial charge is 0.353 e. The second-order valence-corrected chi connectivity index (χ2v) is 4.55. The first-order chi connectivity index (χ1) is 9.63. The number of rotatable bonds is 1. The topological polar surface area (TPSA) is 75.4 Å². The molecule has 0 saturated carbocycles. The number of carbonyl (C=O) groups is 2. The summed E-state index contributed by atoms with van der Waals surface area (Å²) >= 11 is 0. The Bertz CT molecular complexity index is 569. The molecule has 1 aliphatic rings. The molecule has 104 valence electrons. The van der Waals surface area contributed by atoms with Crippen molar-refractivity contribution in [2.75, 3.05) is 19.6 Å². The zero-order valence-corrected chi connectivity index (χ0v) is 11.3. The molecule has 1 heterocycles. The van der Waals surface area contributed by atoms with E-state index >= 15 is 0 Å². The number of nitrogens with two attached hydrogens (primary N) is 1. The lowest BCUT2D eigenvalue weighted by molar-refractivity contribution is -0.127. The molecule has 1 aromatic rings. The average molecular weight is 271 g/mol. The Labute approximate surface area is 118 Å². The third kappa shape index (κ3) is 2.98. The molecule has 1 saturated heterocycles. The van der Waals surface area contributed by atoms with E-state index in [-0.39, 0.29) is 11.8 Å². The molecule has 1 atom stereocenters. The molecule has 0 bridgehead atoms. The summed E-state index contributed by atoms with van der Waals surface area (Å²) in [5.41, 5.74) is 6.68. The van der Waals surface area contributed by atoms with Gasteiger partial charge in [-0.2, -0.15) is 0 Å². The van der Waals surface area contributed by atoms with Gasteiger partial charge in [0.05, 0.1) is 6.54 Å². The molecule has 5 heteroatoms. The monoisotopic (exact) mass is 271 g/mol. The molecular formula is C15H17N3O2. The van der Waals surface area contributed by atoms with E-state index in [1.54, 1.807) is 36.1 Å². The highest BCUT2D eigenvalue weighted by atomic mass is 16.2. The van der Waals surface area contributed by atoms with Gasteiger partial charge in [-0.25, -0.2) is 0 Å². The molecule has 2 rings (SSSR count). The van der Waals surface area contributed by atoms with Crippen LogP contribution in [0.25, 0.3) is 0 Å². The van der Waals surface area contributed by atoms with Gasteiger partial charge in [0.1, 0.15) is 6.04 Å². The first-order valence-corrected chi connectivity index (χ1v) is 6.51. The molecule has 1 fully saturated rings. The quantitative estimate of drug-likeness (QED) is 0.704. The summed E-state index contributed by atoms with van der Waals surface area (Å²) in [7, 11) is 0. The maximum absolute atomic E-state index is 12.4. The highest BCUT2D eigenvalue weighted by Crippen LogP contribution is 2.12. The first kappa shape index (κ1) is 14.1. The Kier molecular flexibility index (Phi) is 4.38. The van der Waals surface area contributed by atoms with Gasteiger partial charge in [0, 0.05) is 24.2 Å². The smallest absolute Gasteiger partial charge is 0.254 e. The third-order valence-electron chi connectivity index (χ3n) is 3.23. The van der Waals surface area contributed by atoms with E-state index in [2.05, 4.69) is 17.2 Å². The van der Waals surface area contributed by atoms with E-state index in [4.69, 9.17) is 5.73 Å². The van der Waals surface area contributed by atoms with E-state index in [1.165, 1.54) is 0 Å². The number of hydrogen-bond acceptors (Lipinski definition) is 3. The molecule has 1 aromatic carbocycles. The minimum absolute atomic E-state index is 0.116. The summed E-state index contributed by atoms with van der Waals surface area (Å²) < 4.78 is 0. The molecule has 20 heavy (non-hydrogen) atoms. The number of amides is 2. The number of benzene rings is 1.